The molecule has 3 aromatic rings. The molecule has 1 amide bonds. The van der Waals surface area contributed by atoms with E-state index in [4.69, 9.17) is 0 Å². The Morgan fingerprint density at radius 1 is 1.31 bits per heavy atom. The summed E-state index contributed by atoms with van der Waals surface area (Å²) < 4.78 is 1.62. The monoisotopic (exact) mass is 354 g/mol. The molecular formula is C18H22N6O2. The van der Waals surface area contributed by atoms with Crippen LogP contribution in [-0.4, -0.2) is 38.2 Å². The predicted octanol–water partition coefficient (Wildman–Crippen LogP) is 1.83. The highest BCUT2D eigenvalue weighted by Gasteiger charge is 2.12. The molecule has 3 rings (SSSR count). The lowest BCUT2D eigenvalue weighted by Crippen LogP contribution is -2.33. The average Bonchev–Trinajstić information content (AvgIpc) is 3.07. The van der Waals surface area contributed by atoms with Gasteiger partial charge in [0.05, 0.1) is 11.9 Å². The number of carbonyl (C=O) groups is 1. The topological polar surface area (TPSA) is 105 Å². The highest BCUT2D eigenvalue weighted by atomic mass is 16.1. The van der Waals surface area contributed by atoms with Gasteiger partial charge in [-0.15, -0.1) is 0 Å². The van der Waals surface area contributed by atoms with Gasteiger partial charge in [0, 0.05) is 19.0 Å². The molecule has 0 aliphatic rings. The molecule has 1 unspecified atom stereocenters. The number of fused-ring (bicyclic) bond motifs is 1. The largest absolute Gasteiger partial charge is 0.355 e. The zero-order chi connectivity index (χ0) is 18.5. The number of hydrogen-bond acceptors (Lipinski definition) is 5. The molecule has 0 saturated heterocycles. The van der Waals surface area contributed by atoms with Crippen molar-refractivity contribution < 1.29 is 4.79 Å². The van der Waals surface area contributed by atoms with Crippen molar-refractivity contribution in [2.24, 2.45) is 0 Å². The van der Waals surface area contributed by atoms with Crippen LogP contribution in [0.3, 0.4) is 0 Å². The normalized spacial score (nSPS) is 12.1. The molecular weight excluding hydrogens is 332 g/mol. The number of carbonyl (C=O) groups excluding carboxylic acids is 1. The molecule has 2 aromatic heterocycles. The number of rotatable bonds is 7. The zero-order valence-corrected chi connectivity index (χ0v) is 14.8. The summed E-state index contributed by atoms with van der Waals surface area (Å²) in [4.78, 5) is 31.2. The maximum Gasteiger partial charge on any atom is 0.263 e. The number of H-pyrrole nitrogens is 1. The lowest BCUT2D eigenvalue weighted by molar-refractivity contribution is -0.121. The lowest BCUT2D eigenvalue weighted by Gasteiger charge is -2.11. The molecule has 1 aromatic carbocycles. The van der Waals surface area contributed by atoms with E-state index < -0.39 is 0 Å². The van der Waals surface area contributed by atoms with Crippen molar-refractivity contribution in [2.75, 3.05) is 11.9 Å². The zero-order valence-electron chi connectivity index (χ0n) is 14.8. The van der Waals surface area contributed by atoms with Gasteiger partial charge in [-0.05, 0) is 25.5 Å². The fourth-order valence-corrected chi connectivity index (χ4v) is 2.50. The molecule has 136 valence electrons. The second-order valence-corrected chi connectivity index (χ2v) is 6.10. The van der Waals surface area contributed by atoms with Crippen molar-refractivity contribution in [1.82, 2.24) is 25.1 Å². The van der Waals surface area contributed by atoms with Crippen LogP contribution in [0.1, 0.15) is 26.7 Å². The maximum absolute atomic E-state index is 12.3. The van der Waals surface area contributed by atoms with Gasteiger partial charge in [-0.25, -0.2) is 4.68 Å². The number of nitrogens with one attached hydrogen (secondary N) is 3. The van der Waals surface area contributed by atoms with Crippen LogP contribution in [0.25, 0.3) is 16.7 Å². The number of aromatic amines is 1. The second kappa shape index (κ2) is 7.81. The van der Waals surface area contributed by atoms with Crippen LogP contribution in [0.4, 0.5) is 5.95 Å². The number of nitrogens with zero attached hydrogens (tertiary/aromatic N) is 3. The minimum atomic E-state index is -0.274. The third-order valence-electron chi connectivity index (χ3n) is 4.10. The van der Waals surface area contributed by atoms with Gasteiger partial charge in [0.25, 0.3) is 5.56 Å². The van der Waals surface area contributed by atoms with Crippen LogP contribution in [-0.2, 0) is 4.79 Å². The van der Waals surface area contributed by atoms with Gasteiger partial charge in [0.15, 0.2) is 5.65 Å². The Labute approximate surface area is 150 Å². The first-order chi connectivity index (χ1) is 12.6. The molecule has 8 heteroatoms. The Kier molecular flexibility index (Phi) is 5.31. The maximum atomic E-state index is 12.3. The summed E-state index contributed by atoms with van der Waals surface area (Å²) in [5.41, 5.74) is 1.01. The van der Waals surface area contributed by atoms with E-state index in [1.54, 1.807) is 4.68 Å². The second-order valence-electron chi connectivity index (χ2n) is 6.10. The molecule has 26 heavy (non-hydrogen) atoms. The first-order valence-electron chi connectivity index (χ1n) is 8.65. The molecule has 0 radical (unpaired) electrons. The Morgan fingerprint density at radius 2 is 2.08 bits per heavy atom. The fraction of sp³-hybridized carbons (Fsp3) is 0.333. The number of hydrogen-bond donors (Lipinski definition) is 3. The van der Waals surface area contributed by atoms with Crippen LogP contribution in [0, 0.1) is 0 Å². The number of amides is 1. The Morgan fingerprint density at radius 3 is 2.81 bits per heavy atom. The quantitative estimate of drug-likeness (QED) is 0.600. The molecule has 3 N–H and O–H groups in total. The summed E-state index contributed by atoms with van der Waals surface area (Å²) in [6, 6.07) is 9.63. The minimum absolute atomic E-state index is 0.0374. The summed E-state index contributed by atoms with van der Waals surface area (Å²) in [6.45, 7) is 4.35. The van der Waals surface area contributed by atoms with Crippen molar-refractivity contribution in [3.05, 3.63) is 46.9 Å². The first kappa shape index (κ1) is 17.7. The van der Waals surface area contributed by atoms with Crippen molar-refractivity contribution in [3.8, 4) is 5.69 Å². The third kappa shape index (κ3) is 3.90. The molecule has 0 spiro atoms. The van der Waals surface area contributed by atoms with Crippen molar-refractivity contribution >= 4 is 22.9 Å². The van der Waals surface area contributed by atoms with E-state index in [-0.39, 0.29) is 17.5 Å². The number of aromatic nitrogens is 4. The number of para-hydroxylation sites is 1. The van der Waals surface area contributed by atoms with E-state index in [1.165, 1.54) is 6.20 Å². The van der Waals surface area contributed by atoms with E-state index >= 15 is 0 Å². The highest BCUT2D eigenvalue weighted by Crippen LogP contribution is 2.14. The average molecular weight is 354 g/mol. The molecule has 2 heterocycles. The molecule has 0 aliphatic heterocycles. The SMILES string of the molecule is CCC(C)NC(=O)CCNc1nc2c(cnn2-c2ccccc2)c(=O)[nH]1. The predicted molar refractivity (Wildman–Crippen MR) is 100 cm³/mol. The third-order valence-corrected chi connectivity index (χ3v) is 4.10. The lowest BCUT2D eigenvalue weighted by atomic mass is 10.2. The van der Waals surface area contributed by atoms with E-state index in [0.29, 0.717) is 29.9 Å². The van der Waals surface area contributed by atoms with Gasteiger partial charge in [-0.2, -0.15) is 10.1 Å². The minimum Gasteiger partial charge on any atom is -0.355 e. The summed E-state index contributed by atoms with van der Waals surface area (Å²) in [5.74, 6) is 0.279. The molecule has 0 fully saturated rings. The molecule has 0 bridgehead atoms. The Balaban J connectivity index is 1.76. The summed E-state index contributed by atoms with van der Waals surface area (Å²) in [6.07, 6.45) is 2.68. The van der Waals surface area contributed by atoms with Crippen molar-refractivity contribution in [1.29, 1.82) is 0 Å². The van der Waals surface area contributed by atoms with Gasteiger partial charge in [0.1, 0.15) is 5.39 Å². The molecule has 8 nitrogen and oxygen atoms in total. The number of anilines is 1. The van der Waals surface area contributed by atoms with E-state index in [1.807, 2.05) is 44.2 Å². The van der Waals surface area contributed by atoms with E-state index in [2.05, 4.69) is 25.7 Å². The number of benzene rings is 1. The van der Waals surface area contributed by atoms with E-state index in [9.17, 15) is 9.59 Å². The molecule has 1 atom stereocenters. The van der Waals surface area contributed by atoms with Crippen LogP contribution in [0.5, 0.6) is 0 Å². The first-order valence-corrected chi connectivity index (χ1v) is 8.65. The molecule has 0 saturated carbocycles. The van der Waals surface area contributed by atoms with Crippen molar-refractivity contribution in [3.63, 3.8) is 0 Å². The van der Waals surface area contributed by atoms with Gasteiger partial charge >= 0.3 is 0 Å². The van der Waals surface area contributed by atoms with Gasteiger partial charge in [0.2, 0.25) is 11.9 Å². The van der Waals surface area contributed by atoms with Gasteiger partial charge < -0.3 is 10.6 Å². The van der Waals surface area contributed by atoms with Crippen molar-refractivity contribution in [2.45, 2.75) is 32.7 Å². The summed E-state index contributed by atoms with van der Waals surface area (Å²) >= 11 is 0. The molecule has 0 aliphatic carbocycles. The van der Waals surface area contributed by atoms with Gasteiger partial charge in [-0.1, -0.05) is 25.1 Å². The fourth-order valence-electron chi connectivity index (χ4n) is 2.50. The Bertz CT molecular complexity index is 947. The van der Waals surface area contributed by atoms with Crippen LogP contribution < -0.4 is 16.2 Å². The van der Waals surface area contributed by atoms with Crippen LogP contribution in [0.2, 0.25) is 0 Å². The van der Waals surface area contributed by atoms with Crippen LogP contribution >= 0.6 is 0 Å². The van der Waals surface area contributed by atoms with Gasteiger partial charge in [-0.3, -0.25) is 14.6 Å². The summed E-state index contributed by atoms with van der Waals surface area (Å²) in [7, 11) is 0. The smallest absolute Gasteiger partial charge is 0.263 e. The van der Waals surface area contributed by atoms with Crippen LogP contribution in [0.15, 0.2) is 41.3 Å². The highest BCUT2D eigenvalue weighted by molar-refractivity contribution is 5.77. The Hall–Kier alpha value is -3.16. The van der Waals surface area contributed by atoms with E-state index in [0.717, 1.165) is 12.1 Å². The standard InChI is InChI=1S/C18H22N6O2/c1-3-12(2)21-15(25)9-10-19-18-22-16-14(17(26)23-18)11-20-24(16)13-7-5-4-6-8-13/h4-8,11-12H,3,9-10H2,1-2H3,(H,21,25)(H2,19,22,23,26). The summed E-state index contributed by atoms with van der Waals surface area (Å²) in [5, 5.41) is 10.6.